The number of carbonyl (C=O) groups is 3. The molecule has 0 aliphatic rings. The molecule has 0 heterocycles. The van der Waals surface area contributed by atoms with Crippen LogP contribution in [0.2, 0.25) is 0 Å². The number of allylic oxidation sites excluding steroid dienone is 10. The monoisotopic (exact) mass is 1030 g/mol. The molecule has 74 heavy (non-hydrogen) atoms. The minimum Gasteiger partial charge on any atom is -0.462 e. The van der Waals surface area contributed by atoms with Crippen LogP contribution in [-0.4, -0.2) is 37.2 Å². The first-order chi connectivity index (χ1) is 36.5. The van der Waals surface area contributed by atoms with E-state index in [0.29, 0.717) is 19.3 Å². The lowest BCUT2D eigenvalue weighted by molar-refractivity contribution is -0.167. The van der Waals surface area contributed by atoms with Crippen molar-refractivity contribution < 1.29 is 28.6 Å². The molecule has 6 nitrogen and oxygen atoms in total. The summed E-state index contributed by atoms with van der Waals surface area (Å²) in [7, 11) is 0. The van der Waals surface area contributed by atoms with Gasteiger partial charge in [0.05, 0.1) is 0 Å². The Hall–Kier alpha value is -2.89. The lowest BCUT2D eigenvalue weighted by atomic mass is 10.0. The third kappa shape index (κ3) is 60.0. The van der Waals surface area contributed by atoms with Crippen LogP contribution in [0.4, 0.5) is 0 Å². The number of hydrogen-bond acceptors (Lipinski definition) is 6. The van der Waals surface area contributed by atoms with Gasteiger partial charge < -0.3 is 14.2 Å². The van der Waals surface area contributed by atoms with Gasteiger partial charge in [0.2, 0.25) is 0 Å². The summed E-state index contributed by atoms with van der Waals surface area (Å²) in [5, 5.41) is 0. The molecule has 0 aromatic heterocycles. The molecule has 6 heteroatoms. The molecule has 0 radical (unpaired) electrons. The van der Waals surface area contributed by atoms with Gasteiger partial charge >= 0.3 is 17.9 Å². The minimum atomic E-state index is -0.771. The van der Waals surface area contributed by atoms with Crippen molar-refractivity contribution in [3.8, 4) is 0 Å². The van der Waals surface area contributed by atoms with E-state index < -0.39 is 6.10 Å². The van der Waals surface area contributed by atoms with E-state index in [-0.39, 0.29) is 31.1 Å². The molecule has 0 fully saturated rings. The Labute approximate surface area is 460 Å². The highest BCUT2D eigenvalue weighted by Crippen LogP contribution is 2.17. The molecule has 0 aromatic carbocycles. The number of hydrogen-bond donors (Lipinski definition) is 0. The van der Waals surface area contributed by atoms with Gasteiger partial charge in [-0.05, 0) is 64.2 Å². The Bertz CT molecular complexity index is 1330. The number of carbonyl (C=O) groups excluding carboxylic acids is 3. The van der Waals surface area contributed by atoms with Crippen LogP contribution in [0, 0.1) is 0 Å². The summed E-state index contributed by atoms with van der Waals surface area (Å²) in [5.41, 5.74) is 0. The molecule has 0 saturated carbocycles. The molecular weight excluding hydrogens is 913 g/mol. The van der Waals surface area contributed by atoms with Crippen LogP contribution in [0.5, 0.6) is 0 Å². The predicted octanol–water partition coefficient (Wildman–Crippen LogP) is 21.9. The molecule has 1 atom stereocenters. The number of ether oxygens (including phenoxy) is 3. The van der Waals surface area contributed by atoms with Crippen LogP contribution in [0.1, 0.15) is 335 Å². The van der Waals surface area contributed by atoms with Crippen LogP contribution in [-0.2, 0) is 28.6 Å². The van der Waals surface area contributed by atoms with Crippen LogP contribution < -0.4 is 0 Å². The zero-order valence-corrected chi connectivity index (χ0v) is 49.4. The maximum absolute atomic E-state index is 12.9. The largest absolute Gasteiger partial charge is 0.462 e. The van der Waals surface area contributed by atoms with Crippen molar-refractivity contribution in [1.29, 1.82) is 0 Å². The van der Waals surface area contributed by atoms with Gasteiger partial charge in [0.1, 0.15) is 13.2 Å². The second-order valence-electron chi connectivity index (χ2n) is 21.7. The molecule has 0 rings (SSSR count). The molecule has 0 saturated heterocycles. The van der Waals surface area contributed by atoms with E-state index in [1.54, 1.807) is 0 Å². The smallest absolute Gasteiger partial charge is 0.306 e. The normalized spacial score (nSPS) is 12.4. The van der Waals surface area contributed by atoms with Gasteiger partial charge in [-0.2, -0.15) is 0 Å². The maximum Gasteiger partial charge on any atom is 0.306 e. The minimum absolute atomic E-state index is 0.0691. The van der Waals surface area contributed by atoms with Crippen molar-refractivity contribution >= 4 is 17.9 Å². The van der Waals surface area contributed by atoms with Gasteiger partial charge in [0.25, 0.3) is 0 Å². The van der Waals surface area contributed by atoms with Crippen molar-refractivity contribution in [2.75, 3.05) is 13.2 Å². The molecule has 0 aliphatic carbocycles. The second-order valence-corrected chi connectivity index (χ2v) is 21.7. The van der Waals surface area contributed by atoms with Crippen molar-refractivity contribution in [2.45, 2.75) is 341 Å². The zero-order chi connectivity index (χ0) is 53.6. The van der Waals surface area contributed by atoms with Crippen LogP contribution >= 0.6 is 0 Å². The summed E-state index contributed by atoms with van der Waals surface area (Å²) in [6, 6.07) is 0. The van der Waals surface area contributed by atoms with Crippen LogP contribution in [0.25, 0.3) is 0 Å². The fourth-order valence-corrected chi connectivity index (χ4v) is 9.47. The third-order valence-corrected chi connectivity index (χ3v) is 14.3. The Balaban J connectivity index is 4.25. The van der Waals surface area contributed by atoms with Crippen molar-refractivity contribution in [3.05, 3.63) is 60.8 Å². The third-order valence-electron chi connectivity index (χ3n) is 14.3. The standard InChI is InChI=1S/C68H122O6/c1-4-7-10-13-16-19-22-25-27-29-30-31-32-33-34-35-36-37-38-39-41-43-46-49-52-55-58-61-67(70)73-64-65(63-72-66(69)60-57-54-51-48-45-42-24-21-18-15-12-9-6-3)74-68(71)62-59-56-53-50-47-44-40-28-26-23-20-17-14-11-8-5-2/h7,10,16,19,25,27,30-31,33-34,65H,4-6,8-9,11-15,17-18,20-24,26,28-29,32,35-64H2,1-3H3/b10-7-,19-16-,27-25-,31-30-,34-33-. The summed E-state index contributed by atoms with van der Waals surface area (Å²) >= 11 is 0. The maximum atomic E-state index is 12.9. The molecule has 0 aromatic rings. The Morgan fingerprint density at radius 1 is 0.284 bits per heavy atom. The average Bonchev–Trinajstić information content (AvgIpc) is 3.40. The highest BCUT2D eigenvalue weighted by Gasteiger charge is 2.19. The van der Waals surface area contributed by atoms with Gasteiger partial charge in [-0.3, -0.25) is 14.4 Å². The highest BCUT2D eigenvalue weighted by molar-refractivity contribution is 5.71. The van der Waals surface area contributed by atoms with Crippen molar-refractivity contribution in [2.24, 2.45) is 0 Å². The molecule has 0 spiro atoms. The summed E-state index contributed by atoms with van der Waals surface area (Å²) < 4.78 is 16.9. The summed E-state index contributed by atoms with van der Waals surface area (Å²) in [4.78, 5) is 38.3. The Morgan fingerprint density at radius 3 is 0.824 bits per heavy atom. The van der Waals surface area contributed by atoms with Gasteiger partial charge in [-0.25, -0.2) is 0 Å². The van der Waals surface area contributed by atoms with Crippen molar-refractivity contribution in [1.82, 2.24) is 0 Å². The number of unbranched alkanes of at least 4 members (excludes halogenated alkanes) is 38. The second kappa shape index (κ2) is 62.6. The van der Waals surface area contributed by atoms with Crippen LogP contribution in [0.3, 0.4) is 0 Å². The topological polar surface area (TPSA) is 78.9 Å². The first-order valence-corrected chi connectivity index (χ1v) is 32.3. The predicted molar refractivity (Wildman–Crippen MR) is 321 cm³/mol. The molecule has 0 bridgehead atoms. The van der Waals surface area contributed by atoms with E-state index in [9.17, 15) is 14.4 Å². The molecular formula is C68H122O6. The van der Waals surface area contributed by atoms with Gasteiger partial charge in [-0.15, -0.1) is 0 Å². The SMILES string of the molecule is CC/C=C\C/C=C\C/C=C\C/C=C\C/C=C\CCCCCCCCCCCCCC(=O)OCC(COC(=O)CCCCCCCCCCCCCCC)OC(=O)CCCCCCCCCCCCCCCCCC. The van der Waals surface area contributed by atoms with E-state index in [0.717, 1.165) is 89.9 Å². The van der Waals surface area contributed by atoms with Gasteiger partial charge in [0, 0.05) is 19.3 Å². The average molecular weight is 1040 g/mol. The number of rotatable bonds is 59. The van der Waals surface area contributed by atoms with E-state index in [1.807, 2.05) is 0 Å². The lowest BCUT2D eigenvalue weighted by Gasteiger charge is -2.18. The highest BCUT2D eigenvalue weighted by atomic mass is 16.6. The van der Waals surface area contributed by atoms with Crippen molar-refractivity contribution in [3.63, 3.8) is 0 Å². The first-order valence-electron chi connectivity index (χ1n) is 32.3. The van der Waals surface area contributed by atoms with E-state index in [2.05, 4.69) is 81.5 Å². The molecule has 0 N–H and O–H groups in total. The molecule has 0 aliphatic heterocycles. The van der Waals surface area contributed by atoms with E-state index in [4.69, 9.17) is 14.2 Å². The number of esters is 3. The lowest BCUT2D eigenvalue weighted by Crippen LogP contribution is -2.30. The van der Waals surface area contributed by atoms with E-state index in [1.165, 1.54) is 205 Å². The fraction of sp³-hybridized carbons (Fsp3) is 0.809. The fourth-order valence-electron chi connectivity index (χ4n) is 9.47. The van der Waals surface area contributed by atoms with E-state index >= 15 is 0 Å². The van der Waals surface area contributed by atoms with Gasteiger partial charge in [-0.1, -0.05) is 313 Å². The van der Waals surface area contributed by atoms with Gasteiger partial charge in [0.15, 0.2) is 6.10 Å². The zero-order valence-electron chi connectivity index (χ0n) is 49.4. The molecule has 0 amide bonds. The summed E-state index contributed by atoms with van der Waals surface area (Å²) in [6.45, 7) is 6.57. The quantitative estimate of drug-likeness (QED) is 0.0261. The van der Waals surface area contributed by atoms with Crippen LogP contribution in [0.15, 0.2) is 60.8 Å². The summed E-state index contributed by atoms with van der Waals surface area (Å²) in [5.74, 6) is -0.851. The first kappa shape index (κ1) is 71.1. The summed E-state index contributed by atoms with van der Waals surface area (Å²) in [6.07, 6.45) is 79.4. The molecule has 1 unspecified atom stereocenters. The Kier molecular flexibility index (Phi) is 60.2. The molecule has 430 valence electrons. The Morgan fingerprint density at radius 2 is 0.527 bits per heavy atom.